The molecule has 1 heteroatoms. The normalized spacial score (nSPS) is 17.9. The lowest BCUT2D eigenvalue weighted by Gasteiger charge is -2.26. The molecule has 1 atom stereocenters. The first-order valence-corrected chi connectivity index (χ1v) is 6.61. The van der Waals surface area contributed by atoms with Crippen LogP contribution in [0.5, 0.6) is 5.75 Å². The Balaban J connectivity index is 1.73. The van der Waals surface area contributed by atoms with Crippen LogP contribution >= 0.6 is 0 Å². The number of aryl methyl sites for hydroxylation is 2. The van der Waals surface area contributed by atoms with Gasteiger partial charge < -0.3 is 4.74 Å². The van der Waals surface area contributed by atoms with Gasteiger partial charge in [-0.1, -0.05) is 48.0 Å². The van der Waals surface area contributed by atoms with E-state index in [9.17, 15) is 0 Å². The topological polar surface area (TPSA) is 9.23 Å². The molecule has 0 N–H and O–H groups in total. The van der Waals surface area contributed by atoms with Crippen molar-refractivity contribution in [1.29, 1.82) is 0 Å². The standard InChI is InChI=1S/C17H18O/c1-13-7-10-17-15(11-13)8-9-16(18-17)12-14-5-3-2-4-6-14/h2-7,10-11,16H,8-9,12H2,1H3. The highest BCUT2D eigenvalue weighted by molar-refractivity contribution is 5.38. The molecule has 0 radical (unpaired) electrons. The summed E-state index contributed by atoms with van der Waals surface area (Å²) in [5.74, 6) is 1.08. The highest BCUT2D eigenvalue weighted by Gasteiger charge is 2.19. The molecule has 1 aliphatic rings. The molecule has 0 saturated heterocycles. The number of hydrogen-bond acceptors (Lipinski definition) is 1. The summed E-state index contributed by atoms with van der Waals surface area (Å²) in [7, 11) is 0. The van der Waals surface area contributed by atoms with Crippen molar-refractivity contribution in [2.24, 2.45) is 0 Å². The highest BCUT2D eigenvalue weighted by atomic mass is 16.5. The van der Waals surface area contributed by atoms with E-state index in [2.05, 4.69) is 55.5 Å². The maximum Gasteiger partial charge on any atom is 0.122 e. The highest BCUT2D eigenvalue weighted by Crippen LogP contribution is 2.29. The third-order valence-corrected chi connectivity index (χ3v) is 3.55. The van der Waals surface area contributed by atoms with Gasteiger partial charge in [0.1, 0.15) is 11.9 Å². The molecule has 92 valence electrons. The predicted octanol–water partition coefficient (Wildman–Crippen LogP) is 3.93. The van der Waals surface area contributed by atoms with Gasteiger partial charge in [-0.2, -0.15) is 0 Å². The number of ether oxygens (including phenoxy) is 1. The second kappa shape index (κ2) is 4.85. The lowest BCUT2D eigenvalue weighted by molar-refractivity contribution is 0.174. The first kappa shape index (κ1) is 11.3. The molecule has 2 aromatic carbocycles. The van der Waals surface area contributed by atoms with Crippen molar-refractivity contribution in [3.63, 3.8) is 0 Å². The largest absolute Gasteiger partial charge is 0.490 e. The molecule has 0 spiro atoms. The molecule has 18 heavy (non-hydrogen) atoms. The van der Waals surface area contributed by atoms with E-state index in [-0.39, 0.29) is 0 Å². The van der Waals surface area contributed by atoms with Crippen molar-refractivity contribution in [3.05, 3.63) is 65.2 Å². The average Bonchev–Trinajstić information content (AvgIpc) is 2.40. The summed E-state index contributed by atoms with van der Waals surface area (Å²) < 4.78 is 6.09. The number of rotatable bonds is 2. The van der Waals surface area contributed by atoms with Crippen LogP contribution in [0.15, 0.2) is 48.5 Å². The van der Waals surface area contributed by atoms with Gasteiger partial charge in [-0.25, -0.2) is 0 Å². The van der Waals surface area contributed by atoms with Gasteiger partial charge >= 0.3 is 0 Å². The zero-order chi connectivity index (χ0) is 12.4. The van der Waals surface area contributed by atoms with E-state index in [0.29, 0.717) is 6.10 Å². The number of fused-ring (bicyclic) bond motifs is 1. The molecule has 0 amide bonds. The van der Waals surface area contributed by atoms with E-state index in [4.69, 9.17) is 4.74 Å². The minimum absolute atomic E-state index is 0.322. The van der Waals surface area contributed by atoms with Crippen molar-refractivity contribution < 1.29 is 4.74 Å². The van der Waals surface area contributed by atoms with Crippen LogP contribution in [0, 0.1) is 6.92 Å². The van der Waals surface area contributed by atoms with Crippen molar-refractivity contribution in [2.45, 2.75) is 32.3 Å². The van der Waals surface area contributed by atoms with Gasteiger partial charge in [0.25, 0.3) is 0 Å². The molecule has 0 aliphatic carbocycles. The predicted molar refractivity (Wildman–Crippen MR) is 74.1 cm³/mol. The molecular formula is C17H18O. The second-order valence-electron chi connectivity index (χ2n) is 5.08. The molecule has 0 saturated carbocycles. The molecule has 0 fully saturated rings. The summed E-state index contributed by atoms with van der Waals surface area (Å²) >= 11 is 0. The fraction of sp³-hybridized carbons (Fsp3) is 0.294. The van der Waals surface area contributed by atoms with Crippen molar-refractivity contribution in [1.82, 2.24) is 0 Å². The monoisotopic (exact) mass is 238 g/mol. The maximum absolute atomic E-state index is 6.09. The van der Waals surface area contributed by atoms with Gasteiger partial charge in [-0.15, -0.1) is 0 Å². The van der Waals surface area contributed by atoms with E-state index in [0.717, 1.165) is 25.0 Å². The molecule has 3 rings (SSSR count). The Morgan fingerprint density at radius 3 is 2.78 bits per heavy atom. The Kier molecular flexibility index (Phi) is 3.06. The summed E-state index contributed by atoms with van der Waals surface area (Å²) in [6.45, 7) is 2.14. The summed E-state index contributed by atoms with van der Waals surface area (Å²) in [6, 6.07) is 17.1. The van der Waals surface area contributed by atoms with Crippen LogP contribution in [0.2, 0.25) is 0 Å². The van der Waals surface area contributed by atoms with Gasteiger partial charge in [0.05, 0.1) is 0 Å². The van der Waals surface area contributed by atoms with Gasteiger partial charge in [0.2, 0.25) is 0 Å². The van der Waals surface area contributed by atoms with Crippen LogP contribution in [0.4, 0.5) is 0 Å². The minimum Gasteiger partial charge on any atom is -0.490 e. The van der Waals surface area contributed by atoms with E-state index < -0.39 is 0 Å². The molecule has 1 nitrogen and oxygen atoms in total. The van der Waals surface area contributed by atoms with Gasteiger partial charge in [-0.05, 0) is 37.0 Å². The Bertz CT molecular complexity index is 531. The first-order valence-electron chi connectivity index (χ1n) is 6.61. The number of hydrogen-bond donors (Lipinski definition) is 0. The Labute approximate surface area is 108 Å². The van der Waals surface area contributed by atoms with E-state index in [1.807, 2.05) is 0 Å². The lowest BCUT2D eigenvalue weighted by atomic mass is 9.97. The average molecular weight is 238 g/mol. The van der Waals surface area contributed by atoms with Crippen LogP contribution in [0.25, 0.3) is 0 Å². The Morgan fingerprint density at radius 2 is 1.94 bits per heavy atom. The lowest BCUT2D eigenvalue weighted by Crippen LogP contribution is -2.24. The van der Waals surface area contributed by atoms with Crippen molar-refractivity contribution >= 4 is 0 Å². The maximum atomic E-state index is 6.09. The van der Waals surface area contributed by atoms with Crippen LogP contribution in [0.1, 0.15) is 23.1 Å². The Morgan fingerprint density at radius 1 is 1.11 bits per heavy atom. The fourth-order valence-corrected chi connectivity index (χ4v) is 2.59. The fourth-order valence-electron chi connectivity index (χ4n) is 2.59. The van der Waals surface area contributed by atoms with E-state index in [1.54, 1.807) is 0 Å². The van der Waals surface area contributed by atoms with Crippen LogP contribution in [-0.4, -0.2) is 6.10 Å². The van der Waals surface area contributed by atoms with Gasteiger partial charge in [0.15, 0.2) is 0 Å². The van der Waals surface area contributed by atoms with Gasteiger partial charge in [0, 0.05) is 6.42 Å². The first-order chi connectivity index (χ1) is 8.81. The zero-order valence-electron chi connectivity index (χ0n) is 10.7. The SMILES string of the molecule is Cc1ccc2c(c1)CCC(Cc1ccccc1)O2. The van der Waals surface area contributed by atoms with Crippen LogP contribution in [0.3, 0.4) is 0 Å². The van der Waals surface area contributed by atoms with Crippen LogP contribution in [-0.2, 0) is 12.8 Å². The minimum atomic E-state index is 0.322. The number of benzene rings is 2. The molecule has 1 aliphatic heterocycles. The molecular weight excluding hydrogens is 220 g/mol. The zero-order valence-corrected chi connectivity index (χ0v) is 10.7. The summed E-state index contributed by atoms with van der Waals surface area (Å²) in [5.41, 5.74) is 4.04. The summed E-state index contributed by atoms with van der Waals surface area (Å²) in [5, 5.41) is 0. The third-order valence-electron chi connectivity index (χ3n) is 3.55. The van der Waals surface area contributed by atoms with E-state index >= 15 is 0 Å². The third kappa shape index (κ3) is 2.40. The Hall–Kier alpha value is -1.76. The second-order valence-corrected chi connectivity index (χ2v) is 5.08. The smallest absolute Gasteiger partial charge is 0.122 e. The summed E-state index contributed by atoms with van der Waals surface area (Å²) in [6.07, 6.45) is 3.58. The molecule has 2 aromatic rings. The molecule has 1 unspecified atom stereocenters. The van der Waals surface area contributed by atoms with Gasteiger partial charge in [-0.3, -0.25) is 0 Å². The molecule has 1 heterocycles. The quantitative estimate of drug-likeness (QED) is 0.770. The van der Waals surface area contributed by atoms with Crippen LogP contribution < -0.4 is 4.74 Å². The molecule has 0 aromatic heterocycles. The van der Waals surface area contributed by atoms with Crippen molar-refractivity contribution in [3.8, 4) is 5.75 Å². The van der Waals surface area contributed by atoms with E-state index in [1.165, 1.54) is 16.7 Å². The van der Waals surface area contributed by atoms with Crippen molar-refractivity contribution in [2.75, 3.05) is 0 Å². The molecule has 0 bridgehead atoms. The summed E-state index contributed by atoms with van der Waals surface area (Å²) in [4.78, 5) is 0.